The lowest BCUT2D eigenvalue weighted by atomic mass is 10.2. The van der Waals surface area contributed by atoms with Crippen molar-refractivity contribution in [2.75, 3.05) is 6.54 Å². The topological polar surface area (TPSA) is 68.3 Å². The predicted octanol–water partition coefficient (Wildman–Crippen LogP) is 2.76. The van der Waals surface area contributed by atoms with E-state index in [1.165, 1.54) is 6.92 Å². The average Bonchev–Trinajstić information content (AvgIpc) is 2.33. The fourth-order valence-electron chi connectivity index (χ4n) is 1.60. The minimum absolute atomic E-state index is 0.124. The highest BCUT2D eigenvalue weighted by Gasteiger charge is 2.15. The fourth-order valence-corrected chi connectivity index (χ4v) is 1.82. The largest absolute Gasteiger partial charge is 0.460 e. The standard InChI is InChI=1S/C15H21ClN2O3/c1-10(19)12-6-5-11(14(16)18-12)9-17-8-7-13(20)21-15(2,3)4/h5-6,17H,7-9H2,1-4H3. The van der Waals surface area contributed by atoms with E-state index in [0.29, 0.717) is 23.9 Å². The van der Waals surface area contributed by atoms with Crippen LogP contribution in [0.3, 0.4) is 0 Å². The summed E-state index contributed by atoms with van der Waals surface area (Å²) >= 11 is 6.01. The second kappa shape index (κ2) is 7.52. The molecule has 1 aromatic rings. The third kappa shape index (κ3) is 6.69. The maximum absolute atomic E-state index is 11.5. The first kappa shape index (κ1) is 17.6. The Labute approximate surface area is 130 Å². The molecule has 0 aromatic carbocycles. The zero-order chi connectivity index (χ0) is 16.0. The molecule has 1 N–H and O–H groups in total. The predicted molar refractivity (Wildman–Crippen MR) is 81.4 cm³/mol. The summed E-state index contributed by atoms with van der Waals surface area (Å²) in [7, 11) is 0. The molecule has 1 aromatic heterocycles. The first-order valence-electron chi connectivity index (χ1n) is 6.78. The zero-order valence-corrected chi connectivity index (χ0v) is 13.6. The van der Waals surface area contributed by atoms with Crippen LogP contribution >= 0.6 is 11.6 Å². The lowest BCUT2D eigenvalue weighted by Gasteiger charge is -2.19. The van der Waals surface area contributed by atoms with E-state index in [9.17, 15) is 9.59 Å². The maximum Gasteiger partial charge on any atom is 0.307 e. The molecule has 0 spiro atoms. The molecule has 0 aliphatic rings. The number of hydrogen-bond acceptors (Lipinski definition) is 5. The number of nitrogens with one attached hydrogen (secondary N) is 1. The molecule has 116 valence electrons. The Hall–Kier alpha value is -1.46. The van der Waals surface area contributed by atoms with Gasteiger partial charge in [0.2, 0.25) is 0 Å². The molecule has 21 heavy (non-hydrogen) atoms. The summed E-state index contributed by atoms with van der Waals surface area (Å²) in [5.41, 5.74) is 0.663. The van der Waals surface area contributed by atoms with Gasteiger partial charge in [0.15, 0.2) is 5.78 Å². The number of aromatic nitrogens is 1. The van der Waals surface area contributed by atoms with Crippen molar-refractivity contribution < 1.29 is 14.3 Å². The highest BCUT2D eigenvalue weighted by molar-refractivity contribution is 6.30. The summed E-state index contributed by atoms with van der Waals surface area (Å²) < 4.78 is 5.20. The molecule has 1 rings (SSSR count). The normalized spacial score (nSPS) is 11.3. The van der Waals surface area contributed by atoms with E-state index in [0.717, 1.165) is 5.56 Å². The quantitative estimate of drug-likeness (QED) is 0.378. The maximum atomic E-state index is 11.5. The second-order valence-corrected chi connectivity index (χ2v) is 6.07. The number of halogens is 1. The average molecular weight is 313 g/mol. The summed E-state index contributed by atoms with van der Waals surface area (Å²) in [5.74, 6) is -0.368. The van der Waals surface area contributed by atoms with Crippen molar-refractivity contribution in [3.8, 4) is 0 Å². The van der Waals surface area contributed by atoms with Gasteiger partial charge in [-0.1, -0.05) is 17.7 Å². The molecule has 0 unspecified atom stereocenters. The number of Topliss-reactive ketones (excluding diaryl/α,β-unsaturated/α-hetero) is 1. The van der Waals surface area contributed by atoms with Crippen molar-refractivity contribution >= 4 is 23.4 Å². The first-order valence-corrected chi connectivity index (χ1v) is 7.16. The Morgan fingerprint density at radius 2 is 2.00 bits per heavy atom. The molecule has 0 bridgehead atoms. The SMILES string of the molecule is CC(=O)c1ccc(CNCCC(=O)OC(C)(C)C)c(Cl)n1. The number of rotatable bonds is 6. The number of hydrogen-bond donors (Lipinski definition) is 1. The molecular weight excluding hydrogens is 292 g/mol. The second-order valence-electron chi connectivity index (χ2n) is 5.72. The monoisotopic (exact) mass is 312 g/mol. The molecule has 0 atom stereocenters. The third-order valence-corrected chi connectivity index (χ3v) is 2.86. The van der Waals surface area contributed by atoms with Crippen LogP contribution < -0.4 is 5.32 Å². The molecule has 6 heteroatoms. The van der Waals surface area contributed by atoms with Crippen molar-refractivity contribution in [2.45, 2.75) is 46.3 Å². The molecule has 1 heterocycles. The van der Waals surface area contributed by atoms with Crippen LogP contribution in [0.25, 0.3) is 0 Å². The van der Waals surface area contributed by atoms with Gasteiger partial charge in [-0.3, -0.25) is 9.59 Å². The van der Waals surface area contributed by atoms with E-state index in [-0.39, 0.29) is 18.2 Å². The minimum Gasteiger partial charge on any atom is -0.460 e. The number of carbonyl (C=O) groups is 2. The van der Waals surface area contributed by atoms with Crippen LogP contribution in [0.4, 0.5) is 0 Å². The molecule has 0 amide bonds. The summed E-state index contributed by atoms with van der Waals surface area (Å²) in [6.45, 7) is 7.91. The summed E-state index contributed by atoms with van der Waals surface area (Å²) in [6.07, 6.45) is 0.286. The lowest BCUT2D eigenvalue weighted by Crippen LogP contribution is -2.26. The Balaban J connectivity index is 2.40. The van der Waals surface area contributed by atoms with Gasteiger partial charge in [0.05, 0.1) is 6.42 Å². The van der Waals surface area contributed by atoms with Crippen LogP contribution in [0.1, 0.15) is 50.2 Å². The van der Waals surface area contributed by atoms with Gasteiger partial charge in [-0.25, -0.2) is 4.98 Å². The molecule has 0 saturated heterocycles. The Kier molecular flexibility index (Phi) is 6.30. The van der Waals surface area contributed by atoms with Crippen LogP contribution in [0.15, 0.2) is 12.1 Å². The van der Waals surface area contributed by atoms with Crippen LogP contribution in [-0.4, -0.2) is 28.9 Å². The van der Waals surface area contributed by atoms with Gasteiger partial charge in [-0.05, 0) is 26.8 Å². The van der Waals surface area contributed by atoms with Crippen molar-refractivity contribution in [3.63, 3.8) is 0 Å². The fraction of sp³-hybridized carbons (Fsp3) is 0.533. The van der Waals surface area contributed by atoms with Crippen LogP contribution in [0, 0.1) is 0 Å². The van der Waals surface area contributed by atoms with E-state index >= 15 is 0 Å². The summed E-state index contributed by atoms with van der Waals surface area (Å²) in [6, 6.07) is 3.39. The van der Waals surface area contributed by atoms with Gasteiger partial charge >= 0.3 is 5.97 Å². The highest BCUT2D eigenvalue weighted by Crippen LogP contribution is 2.14. The summed E-state index contributed by atoms with van der Waals surface area (Å²) in [5, 5.41) is 3.40. The molecule has 0 aliphatic carbocycles. The Bertz CT molecular complexity index is 524. The van der Waals surface area contributed by atoms with Gasteiger partial charge in [0, 0.05) is 25.6 Å². The molecule has 0 fully saturated rings. The third-order valence-electron chi connectivity index (χ3n) is 2.53. The summed E-state index contributed by atoms with van der Waals surface area (Å²) in [4.78, 5) is 26.7. The number of nitrogens with zero attached hydrogens (tertiary/aromatic N) is 1. The number of carbonyl (C=O) groups excluding carboxylic acids is 2. The zero-order valence-electron chi connectivity index (χ0n) is 12.8. The van der Waals surface area contributed by atoms with Gasteiger partial charge in [0.1, 0.15) is 16.4 Å². The number of ether oxygens (including phenoxy) is 1. The Morgan fingerprint density at radius 3 is 2.52 bits per heavy atom. The number of pyridine rings is 1. The highest BCUT2D eigenvalue weighted by atomic mass is 35.5. The molecule has 0 radical (unpaired) electrons. The van der Waals surface area contributed by atoms with Crippen molar-refractivity contribution in [1.29, 1.82) is 0 Å². The molecule has 0 saturated carbocycles. The van der Waals surface area contributed by atoms with E-state index in [1.54, 1.807) is 12.1 Å². The smallest absolute Gasteiger partial charge is 0.307 e. The first-order chi connectivity index (χ1) is 9.69. The van der Waals surface area contributed by atoms with Gasteiger partial charge in [0.25, 0.3) is 0 Å². The molecule has 0 aliphatic heterocycles. The van der Waals surface area contributed by atoms with Crippen LogP contribution in [-0.2, 0) is 16.1 Å². The van der Waals surface area contributed by atoms with Crippen molar-refractivity contribution in [3.05, 3.63) is 28.5 Å². The van der Waals surface area contributed by atoms with E-state index in [2.05, 4.69) is 10.3 Å². The number of esters is 1. The van der Waals surface area contributed by atoms with Crippen molar-refractivity contribution in [1.82, 2.24) is 10.3 Å². The van der Waals surface area contributed by atoms with E-state index in [1.807, 2.05) is 20.8 Å². The lowest BCUT2D eigenvalue weighted by molar-refractivity contribution is -0.154. The van der Waals surface area contributed by atoms with E-state index in [4.69, 9.17) is 16.3 Å². The Morgan fingerprint density at radius 1 is 1.33 bits per heavy atom. The van der Waals surface area contributed by atoms with Crippen LogP contribution in [0.5, 0.6) is 0 Å². The molecular formula is C15H21ClN2O3. The minimum atomic E-state index is -0.465. The van der Waals surface area contributed by atoms with Crippen molar-refractivity contribution in [2.24, 2.45) is 0 Å². The van der Waals surface area contributed by atoms with E-state index < -0.39 is 5.60 Å². The van der Waals surface area contributed by atoms with Gasteiger partial charge in [-0.15, -0.1) is 0 Å². The van der Waals surface area contributed by atoms with Gasteiger partial charge in [-0.2, -0.15) is 0 Å². The molecule has 5 nitrogen and oxygen atoms in total. The number of ketones is 1. The van der Waals surface area contributed by atoms with Gasteiger partial charge < -0.3 is 10.1 Å². The van der Waals surface area contributed by atoms with Crippen LogP contribution in [0.2, 0.25) is 5.15 Å².